The number of hydrogen-bond acceptors (Lipinski definition) is 7. The maximum absolute atomic E-state index is 13.4. The van der Waals surface area contributed by atoms with Gasteiger partial charge in [0.1, 0.15) is 6.29 Å². The van der Waals surface area contributed by atoms with Gasteiger partial charge < -0.3 is 24.5 Å². The minimum absolute atomic E-state index is 0.0451. The average molecular weight is 815 g/mol. The number of halogens is 1. The van der Waals surface area contributed by atoms with Gasteiger partial charge in [-0.05, 0) is 154 Å². The second-order valence-electron chi connectivity index (χ2n) is 20.4. The molecule has 326 valence electrons. The van der Waals surface area contributed by atoms with Gasteiger partial charge in [-0.3, -0.25) is 9.18 Å². The van der Waals surface area contributed by atoms with Crippen LogP contribution in [0.25, 0.3) is 0 Å². The van der Waals surface area contributed by atoms with Gasteiger partial charge in [-0.2, -0.15) is 11.8 Å². The maximum Gasteiger partial charge on any atom is 0.295 e. The third kappa shape index (κ3) is 11.5. The molecule has 1 aliphatic heterocycles. The monoisotopic (exact) mass is 815 g/mol. The van der Waals surface area contributed by atoms with Crippen molar-refractivity contribution in [2.45, 2.75) is 144 Å². The molecule has 0 radical (unpaired) electrons. The molecular formula is C49H83FN2O4S. The van der Waals surface area contributed by atoms with Gasteiger partial charge in [-0.1, -0.05) is 65.7 Å². The lowest BCUT2D eigenvalue weighted by atomic mass is 9.37. The van der Waals surface area contributed by atoms with Crippen molar-refractivity contribution in [3.63, 3.8) is 0 Å². The van der Waals surface area contributed by atoms with E-state index >= 15 is 0 Å². The molecule has 0 spiro atoms. The Hall–Kier alpha value is -1.48. The van der Waals surface area contributed by atoms with Crippen LogP contribution in [0.1, 0.15) is 139 Å². The normalized spacial score (nSPS) is 36.6. The zero-order chi connectivity index (χ0) is 41.9. The van der Waals surface area contributed by atoms with E-state index in [-0.39, 0.29) is 30.7 Å². The Morgan fingerprint density at radius 3 is 2.25 bits per heavy atom. The number of thioether (sulfide) groups is 1. The fourth-order valence-corrected chi connectivity index (χ4v) is 14.3. The zero-order valence-corrected chi connectivity index (χ0v) is 38.6. The molecule has 1 heterocycles. The summed E-state index contributed by atoms with van der Waals surface area (Å²) in [5, 5.41) is 4.29. The Kier molecular flexibility index (Phi) is 18.5. The first kappa shape index (κ1) is 48.2. The van der Waals surface area contributed by atoms with E-state index in [2.05, 4.69) is 77.9 Å². The van der Waals surface area contributed by atoms with Gasteiger partial charge in [-0.25, -0.2) is 0 Å². The van der Waals surface area contributed by atoms with E-state index in [1.165, 1.54) is 115 Å². The third-order valence-electron chi connectivity index (χ3n) is 15.7. The van der Waals surface area contributed by atoms with Crippen LogP contribution in [0, 0.1) is 57.7 Å². The van der Waals surface area contributed by atoms with Crippen LogP contribution in [0.15, 0.2) is 35.5 Å². The molecule has 0 aromatic rings. The van der Waals surface area contributed by atoms with Crippen LogP contribution in [0.3, 0.4) is 0 Å². The standard InChI is InChI=1S/C38H61FN2S.C4H8O.C4H8.C3H6O3/c1-35(2)30(28-9-7-27(26-39)8-10-28)13-17-37(4)33(35)15-18-36(3)31-14-19-38(40-20-21-41-22-24-42-25-23-41)16-5-6-32(38)29(31)11-12-34(36)37;1-4(2)3-5;1-4(2)3;1-5-3-6-2-4/h9,13,27,29,31-34,40H,5-8,10-12,14-26H2,1-4H3;3-4H,1-2H3;1H2,2-3H3;2H,3H2,1H3/t27?,29?,31?,32-,33+,34+,36?,37?,38?;;;/m1.../s1. The lowest BCUT2D eigenvalue weighted by Crippen LogP contribution is -2.64. The summed E-state index contributed by atoms with van der Waals surface area (Å²) in [6, 6.07) is 0. The molecule has 0 amide bonds. The highest BCUT2D eigenvalue weighted by molar-refractivity contribution is 7.99. The Balaban J connectivity index is 0.000000412. The van der Waals surface area contributed by atoms with Crippen LogP contribution >= 0.6 is 11.8 Å². The summed E-state index contributed by atoms with van der Waals surface area (Å²) in [7, 11) is 1.45. The molecule has 4 saturated carbocycles. The molecule has 0 aromatic heterocycles. The Labute approximate surface area is 352 Å². The highest BCUT2D eigenvalue weighted by Crippen LogP contribution is 2.72. The van der Waals surface area contributed by atoms with Gasteiger partial charge in [-0.15, -0.1) is 6.58 Å². The number of ether oxygens (including phenoxy) is 2. The lowest BCUT2D eigenvalue weighted by molar-refractivity contribution is -0.175. The van der Waals surface area contributed by atoms with Crippen LogP contribution in [0.5, 0.6) is 0 Å². The summed E-state index contributed by atoms with van der Waals surface area (Å²) in [4.78, 5) is 21.5. The van der Waals surface area contributed by atoms with Crippen molar-refractivity contribution in [1.82, 2.24) is 10.2 Å². The first-order chi connectivity index (χ1) is 27.1. The molecule has 0 aromatic carbocycles. The van der Waals surface area contributed by atoms with Gasteiger partial charge in [0.15, 0.2) is 6.79 Å². The van der Waals surface area contributed by atoms with E-state index in [0.717, 1.165) is 55.1 Å². The molecule has 1 saturated heterocycles. The fraction of sp³-hybridized carbons (Fsp3) is 0.837. The van der Waals surface area contributed by atoms with Gasteiger partial charge in [0.2, 0.25) is 0 Å². The summed E-state index contributed by atoms with van der Waals surface area (Å²) in [6.07, 6.45) is 23.4. The smallest absolute Gasteiger partial charge is 0.295 e. The van der Waals surface area contributed by atoms with E-state index < -0.39 is 0 Å². The zero-order valence-electron chi connectivity index (χ0n) is 37.8. The quantitative estimate of drug-likeness (QED) is 0.102. The van der Waals surface area contributed by atoms with E-state index in [4.69, 9.17) is 0 Å². The third-order valence-corrected chi connectivity index (χ3v) is 16.7. The number of hydrogen-bond donors (Lipinski definition) is 1. The number of allylic oxidation sites excluding steroid dienone is 5. The predicted octanol–water partition coefficient (Wildman–Crippen LogP) is 11.3. The van der Waals surface area contributed by atoms with Crippen molar-refractivity contribution in [3.8, 4) is 0 Å². The van der Waals surface area contributed by atoms with Crippen LogP contribution in [0.2, 0.25) is 0 Å². The van der Waals surface area contributed by atoms with Gasteiger partial charge >= 0.3 is 0 Å². The summed E-state index contributed by atoms with van der Waals surface area (Å²) in [5.41, 5.74) is 5.96. The summed E-state index contributed by atoms with van der Waals surface area (Å²) < 4.78 is 21.8. The summed E-state index contributed by atoms with van der Waals surface area (Å²) >= 11 is 2.13. The minimum Gasteiger partial charge on any atom is -0.441 e. The number of nitrogens with zero attached hydrogens (tertiary/aromatic N) is 1. The topological polar surface area (TPSA) is 67.9 Å². The Morgan fingerprint density at radius 1 is 0.965 bits per heavy atom. The van der Waals surface area contributed by atoms with Crippen LogP contribution in [-0.2, 0) is 19.1 Å². The van der Waals surface area contributed by atoms with E-state index in [1.807, 2.05) is 27.7 Å². The Bertz CT molecular complexity index is 1360. The number of carbonyl (C=O) groups excluding carboxylic acids is 2. The molecule has 7 aliphatic rings. The molecular weight excluding hydrogens is 732 g/mol. The first-order valence-electron chi connectivity index (χ1n) is 22.8. The van der Waals surface area contributed by atoms with Crippen LogP contribution in [-0.4, -0.2) is 81.5 Å². The highest BCUT2D eigenvalue weighted by Gasteiger charge is 2.65. The predicted molar refractivity (Wildman–Crippen MR) is 238 cm³/mol. The molecule has 1 N–H and O–H groups in total. The molecule has 5 fully saturated rings. The van der Waals surface area contributed by atoms with Crippen molar-refractivity contribution in [2.24, 2.45) is 57.7 Å². The van der Waals surface area contributed by atoms with E-state index in [1.54, 1.807) is 11.1 Å². The number of aldehydes is 1. The maximum atomic E-state index is 13.4. The SMILES string of the molecule is C=C(C)C.CC(C)C=O.CC1(C)C(C2=CCC(CF)CC2)=CCC2(C)[C@H]1CCC1(C)C3CCC4(NCCN5CCSCC5)CCC[C@@H]4C3CC[C@@H]12.COCOC=O. The summed E-state index contributed by atoms with van der Waals surface area (Å²) in [5.74, 6) is 7.52. The fourth-order valence-electron chi connectivity index (χ4n) is 13.3. The molecule has 7 rings (SSSR count). The van der Waals surface area contributed by atoms with Gasteiger partial charge in [0.05, 0.1) is 6.67 Å². The number of alkyl halides is 1. The van der Waals surface area contributed by atoms with Crippen molar-refractivity contribution < 1.29 is 23.5 Å². The first-order valence-corrected chi connectivity index (χ1v) is 23.9. The number of methoxy groups -OCH3 is 1. The van der Waals surface area contributed by atoms with Crippen LogP contribution in [0.4, 0.5) is 4.39 Å². The summed E-state index contributed by atoms with van der Waals surface area (Å²) in [6.45, 7) is 27.2. The van der Waals surface area contributed by atoms with Crippen molar-refractivity contribution >= 4 is 24.5 Å². The van der Waals surface area contributed by atoms with Crippen molar-refractivity contribution in [3.05, 3.63) is 35.5 Å². The molecule has 6 unspecified atom stereocenters. The number of fused-ring (bicyclic) bond motifs is 7. The Morgan fingerprint density at radius 2 is 1.67 bits per heavy atom. The van der Waals surface area contributed by atoms with Crippen molar-refractivity contribution in [2.75, 3.05) is 58.3 Å². The largest absolute Gasteiger partial charge is 0.441 e. The molecule has 0 bridgehead atoms. The second-order valence-corrected chi connectivity index (χ2v) is 21.6. The highest BCUT2D eigenvalue weighted by atomic mass is 32.2. The van der Waals surface area contributed by atoms with E-state index in [0.29, 0.717) is 22.8 Å². The van der Waals surface area contributed by atoms with Gasteiger partial charge in [0, 0.05) is 56.3 Å². The molecule has 8 heteroatoms. The molecule has 6 aliphatic carbocycles. The second kappa shape index (κ2) is 21.9. The number of carbonyl (C=O) groups is 2. The molecule has 57 heavy (non-hydrogen) atoms. The van der Waals surface area contributed by atoms with Crippen LogP contribution < -0.4 is 5.32 Å². The lowest BCUT2D eigenvalue weighted by Gasteiger charge is -2.68. The van der Waals surface area contributed by atoms with E-state index in [9.17, 15) is 14.0 Å². The molecule has 9 atom stereocenters. The minimum atomic E-state index is -0.148. The number of nitrogens with one attached hydrogen (secondary N) is 1. The molecule has 6 nitrogen and oxygen atoms in total. The van der Waals surface area contributed by atoms with Gasteiger partial charge in [0.25, 0.3) is 6.47 Å². The van der Waals surface area contributed by atoms with Crippen molar-refractivity contribution in [1.29, 1.82) is 0 Å². The number of rotatable bonds is 10. The average Bonchev–Trinajstić information content (AvgIpc) is 3.62.